The van der Waals surface area contributed by atoms with E-state index < -0.39 is 17.8 Å². The quantitative estimate of drug-likeness (QED) is 0.590. The summed E-state index contributed by atoms with van der Waals surface area (Å²) in [6.07, 6.45) is 1.62. The number of pyridine rings is 1. The number of carbonyl (C=O) groups excluding carboxylic acids is 2. The number of rotatable bonds is 6. The first kappa shape index (κ1) is 22.9. The van der Waals surface area contributed by atoms with Crippen LogP contribution in [0.25, 0.3) is 0 Å². The Labute approximate surface area is 196 Å². The highest BCUT2D eigenvalue weighted by Crippen LogP contribution is 2.43. The highest BCUT2D eigenvalue weighted by Gasteiger charge is 2.43. The number of nitrogens with zero attached hydrogens (tertiary/aromatic N) is 3. The molecule has 3 aromatic rings. The number of benzene rings is 2. The molecule has 4 rings (SSSR count). The SMILES string of the molecule is CCOc1ccc([C@@H]2[C@@H](C(=O)Nc3ccc(F)c(C#N)c3)c3ccccc3C(=O)N2CC)cn1. The number of aromatic nitrogens is 1. The average Bonchev–Trinajstić information content (AvgIpc) is 2.85. The van der Waals surface area contributed by atoms with Crippen molar-refractivity contribution in [3.63, 3.8) is 0 Å². The van der Waals surface area contributed by atoms with Crippen LogP contribution in [0.1, 0.15) is 52.9 Å². The van der Waals surface area contributed by atoms with Gasteiger partial charge in [0.1, 0.15) is 11.9 Å². The lowest BCUT2D eigenvalue weighted by Gasteiger charge is -2.41. The fourth-order valence-electron chi connectivity index (χ4n) is 4.30. The van der Waals surface area contributed by atoms with Gasteiger partial charge in [-0.25, -0.2) is 9.37 Å². The van der Waals surface area contributed by atoms with Crippen LogP contribution in [0.4, 0.5) is 10.1 Å². The molecule has 2 aromatic carbocycles. The fourth-order valence-corrected chi connectivity index (χ4v) is 4.30. The molecule has 2 amide bonds. The molecule has 1 aliphatic heterocycles. The second kappa shape index (κ2) is 9.71. The number of ether oxygens (including phenoxy) is 1. The van der Waals surface area contributed by atoms with E-state index in [1.165, 1.54) is 12.1 Å². The molecule has 0 saturated carbocycles. The predicted molar refractivity (Wildman–Crippen MR) is 124 cm³/mol. The van der Waals surface area contributed by atoms with Crippen molar-refractivity contribution >= 4 is 17.5 Å². The van der Waals surface area contributed by atoms with Gasteiger partial charge in [0, 0.05) is 30.1 Å². The average molecular weight is 458 g/mol. The Kier molecular flexibility index (Phi) is 6.55. The van der Waals surface area contributed by atoms with E-state index in [1.807, 2.05) is 13.8 Å². The molecule has 0 radical (unpaired) electrons. The van der Waals surface area contributed by atoms with Crippen molar-refractivity contribution in [2.24, 2.45) is 0 Å². The van der Waals surface area contributed by atoms with Crippen molar-refractivity contribution in [2.75, 3.05) is 18.5 Å². The van der Waals surface area contributed by atoms with E-state index in [2.05, 4.69) is 10.3 Å². The lowest BCUT2D eigenvalue weighted by Crippen LogP contribution is -2.46. The van der Waals surface area contributed by atoms with Gasteiger partial charge in [-0.1, -0.05) is 24.3 Å². The number of fused-ring (bicyclic) bond motifs is 1. The van der Waals surface area contributed by atoms with Crippen LogP contribution in [0, 0.1) is 17.1 Å². The molecule has 0 bridgehead atoms. The van der Waals surface area contributed by atoms with Crippen LogP contribution >= 0.6 is 0 Å². The van der Waals surface area contributed by atoms with E-state index in [-0.39, 0.29) is 17.4 Å². The summed E-state index contributed by atoms with van der Waals surface area (Å²) in [6, 6.07) is 15.5. The molecule has 0 aliphatic carbocycles. The zero-order chi connectivity index (χ0) is 24.2. The topological polar surface area (TPSA) is 95.3 Å². The molecule has 172 valence electrons. The van der Waals surface area contributed by atoms with Crippen molar-refractivity contribution in [2.45, 2.75) is 25.8 Å². The number of halogens is 1. The van der Waals surface area contributed by atoms with Crippen LogP contribution in [0.3, 0.4) is 0 Å². The molecule has 0 spiro atoms. The summed E-state index contributed by atoms with van der Waals surface area (Å²) in [5.74, 6) is -1.52. The largest absolute Gasteiger partial charge is 0.478 e. The Morgan fingerprint density at radius 2 is 2.00 bits per heavy atom. The number of hydrogen-bond acceptors (Lipinski definition) is 5. The molecule has 8 heteroatoms. The van der Waals surface area contributed by atoms with Crippen molar-refractivity contribution < 1.29 is 18.7 Å². The Hall–Kier alpha value is -4.25. The Morgan fingerprint density at radius 3 is 2.68 bits per heavy atom. The van der Waals surface area contributed by atoms with Gasteiger partial charge in [-0.15, -0.1) is 0 Å². The van der Waals surface area contributed by atoms with Crippen LogP contribution in [0.5, 0.6) is 5.88 Å². The second-order valence-electron chi connectivity index (χ2n) is 7.76. The third-order valence-corrected chi connectivity index (χ3v) is 5.81. The van der Waals surface area contributed by atoms with Gasteiger partial charge < -0.3 is 15.0 Å². The number of anilines is 1. The Bertz CT molecular complexity index is 1270. The molecule has 0 saturated heterocycles. The minimum atomic E-state index is -0.760. The molecule has 7 nitrogen and oxygen atoms in total. The number of amides is 2. The first-order valence-electron chi connectivity index (χ1n) is 11.0. The van der Waals surface area contributed by atoms with Gasteiger partial charge >= 0.3 is 0 Å². The molecular formula is C26H23FN4O3. The minimum Gasteiger partial charge on any atom is -0.478 e. The van der Waals surface area contributed by atoms with Gasteiger partial charge in [0.25, 0.3) is 5.91 Å². The van der Waals surface area contributed by atoms with Crippen LogP contribution in [0.15, 0.2) is 60.8 Å². The van der Waals surface area contributed by atoms with E-state index in [4.69, 9.17) is 10.00 Å². The molecule has 1 aliphatic rings. The number of likely N-dealkylation sites (N-methyl/N-ethyl adjacent to an activating group) is 1. The summed E-state index contributed by atoms with van der Waals surface area (Å²) < 4.78 is 19.2. The van der Waals surface area contributed by atoms with Gasteiger partial charge in [-0.3, -0.25) is 9.59 Å². The van der Waals surface area contributed by atoms with Gasteiger partial charge in [0.2, 0.25) is 11.8 Å². The number of nitrogens with one attached hydrogen (secondary N) is 1. The number of hydrogen-bond donors (Lipinski definition) is 1. The van der Waals surface area contributed by atoms with Crippen molar-refractivity contribution in [3.05, 3.63) is 88.9 Å². The standard InChI is InChI=1S/C26H23FN4O3/c1-3-31-24(16-9-12-22(29-15-16)34-4-2)23(19-7-5-6-8-20(19)26(31)33)25(32)30-18-10-11-21(27)17(13-18)14-28/h5-13,15,23-24H,3-4H2,1-2H3,(H,30,32)/t23-,24+/m0/s1. The Balaban J connectivity index is 1.79. The molecule has 1 aromatic heterocycles. The van der Waals surface area contributed by atoms with Gasteiger partial charge in [0.05, 0.1) is 24.1 Å². The highest BCUT2D eigenvalue weighted by molar-refractivity contribution is 6.04. The summed E-state index contributed by atoms with van der Waals surface area (Å²) in [7, 11) is 0. The third-order valence-electron chi connectivity index (χ3n) is 5.81. The first-order valence-corrected chi connectivity index (χ1v) is 11.0. The van der Waals surface area contributed by atoms with Crippen LogP contribution in [-0.4, -0.2) is 34.8 Å². The number of carbonyl (C=O) groups is 2. The minimum absolute atomic E-state index is 0.167. The monoisotopic (exact) mass is 458 g/mol. The molecule has 2 atom stereocenters. The second-order valence-corrected chi connectivity index (χ2v) is 7.76. The summed E-state index contributed by atoms with van der Waals surface area (Å²) in [6.45, 7) is 4.56. The first-order chi connectivity index (χ1) is 16.5. The van der Waals surface area contributed by atoms with E-state index in [0.717, 1.165) is 6.07 Å². The highest BCUT2D eigenvalue weighted by atomic mass is 19.1. The summed E-state index contributed by atoms with van der Waals surface area (Å²) in [5.41, 5.74) is 1.86. The maximum Gasteiger partial charge on any atom is 0.254 e. The maximum absolute atomic E-state index is 13.8. The normalized spacial score (nSPS) is 17.0. The molecule has 1 N–H and O–H groups in total. The maximum atomic E-state index is 13.8. The zero-order valence-electron chi connectivity index (χ0n) is 18.8. The van der Waals surface area contributed by atoms with Crippen LogP contribution in [-0.2, 0) is 4.79 Å². The summed E-state index contributed by atoms with van der Waals surface area (Å²) in [4.78, 5) is 33.0. The molecule has 0 fully saturated rings. The van der Waals surface area contributed by atoms with Gasteiger partial charge in [-0.05, 0) is 49.2 Å². The predicted octanol–water partition coefficient (Wildman–Crippen LogP) is 4.43. The summed E-state index contributed by atoms with van der Waals surface area (Å²) in [5, 5.41) is 11.9. The van der Waals surface area contributed by atoms with Crippen molar-refractivity contribution in [1.29, 1.82) is 5.26 Å². The number of nitriles is 1. The zero-order valence-corrected chi connectivity index (χ0v) is 18.8. The third kappa shape index (κ3) is 4.20. The Morgan fingerprint density at radius 1 is 1.21 bits per heavy atom. The lowest BCUT2D eigenvalue weighted by atomic mass is 9.79. The van der Waals surface area contributed by atoms with E-state index >= 15 is 0 Å². The molecule has 2 heterocycles. The van der Waals surface area contributed by atoms with E-state index in [9.17, 15) is 14.0 Å². The van der Waals surface area contributed by atoms with Crippen molar-refractivity contribution in [1.82, 2.24) is 9.88 Å². The van der Waals surface area contributed by atoms with E-state index in [1.54, 1.807) is 53.6 Å². The lowest BCUT2D eigenvalue weighted by molar-refractivity contribution is -0.119. The molecule has 0 unspecified atom stereocenters. The smallest absolute Gasteiger partial charge is 0.254 e. The van der Waals surface area contributed by atoms with E-state index in [0.29, 0.717) is 41.4 Å². The molecule has 34 heavy (non-hydrogen) atoms. The molecular weight excluding hydrogens is 435 g/mol. The van der Waals surface area contributed by atoms with Crippen LogP contribution < -0.4 is 10.1 Å². The fraction of sp³-hybridized carbons (Fsp3) is 0.231. The van der Waals surface area contributed by atoms with Gasteiger partial charge in [-0.2, -0.15) is 5.26 Å². The van der Waals surface area contributed by atoms with Gasteiger partial charge in [0.15, 0.2) is 0 Å². The van der Waals surface area contributed by atoms with Crippen LogP contribution in [0.2, 0.25) is 0 Å². The van der Waals surface area contributed by atoms with Crippen molar-refractivity contribution in [3.8, 4) is 11.9 Å². The summed E-state index contributed by atoms with van der Waals surface area (Å²) >= 11 is 0.